The summed E-state index contributed by atoms with van der Waals surface area (Å²) in [6, 6.07) is 0. The summed E-state index contributed by atoms with van der Waals surface area (Å²) in [5, 5.41) is 0. The van der Waals surface area contributed by atoms with E-state index in [0.29, 0.717) is 17.1 Å². The van der Waals surface area contributed by atoms with Gasteiger partial charge in [-0.05, 0) is 56.8 Å². The van der Waals surface area contributed by atoms with Gasteiger partial charge in [0, 0.05) is 5.92 Å². The monoisotopic (exact) mass is 236 g/mol. The molecule has 0 heterocycles. The summed E-state index contributed by atoms with van der Waals surface area (Å²) in [5.74, 6) is 1.78. The molecule has 0 spiro atoms. The van der Waals surface area contributed by atoms with Crippen LogP contribution in [0.15, 0.2) is 0 Å². The lowest BCUT2D eigenvalue weighted by Gasteiger charge is -2.38. The number of ketones is 1. The number of Topliss-reactive ketones (excluding diaryl/α,β-unsaturated/α-hetero) is 1. The van der Waals surface area contributed by atoms with Gasteiger partial charge in [0.15, 0.2) is 0 Å². The minimum atomic E-state index is 0.379. The third kappa shape index (κ3) is 2.74. The SMILES string of the molecule is CC[C@@]1(C2CCCC2)CCCC(C(C)=O)CC1. The van der Waals surface area contributed by atoms with Crippen molar-refractivity contribution in [1.82, 2.24) is 0 Å². The maximum atomic E-state index is 11.6. The van der Waals surface area contributed by atoms with E-state index in [0.717, 1.165) is 12.3 Å². The number of hydrogen-bond acceptors (Lipinski definition) is 1. The van der Waals surface area contributed by atoms with Crippen LogP contribution in [0.2, 0.25) is 0 Å². The summed E-state index contributed by atoms with van der Waals surface area (Å²) in [5.41, 5.74) is 0.598. The summed E-state index contributed by atoms with van der Waals surface area (Å²) < 4.78 is 0. The van der Waals surface area contributed by atoms with Crippen LogP contribution in [0.5, 0.6) is 0 Å². The first-order valence-electron chi connectivity index (χ1n) is 7.68. The Morgan fingerprint density at radius 2 is 1.76 bits per heavy atom. The molecule has 0 N–H and O–H groups in total. The van der Waals surface area contributed by atoms with E-state index in [1.165, 1.54) is 57.8 Å². The van der Waals surface area contributed by atoms with E-state index < -0.39 is 0 Å². The molecule has 0 aromatic rings. The molecule has 2 atom stereocenters. The van der Waals surface area contributed by atoms with E-state index in [-0.39, 0.29) is 0 Å². The highest BCUT2D eigenvalue weighted by atomic mass is 16.1. The van der Waals surface area contributed by atoms with Crippen LogP contribution >= 0.6 is 0 Å². The fraction of sp³-hybridized carbons (Fsp3) is 0.938. The van der Waals surface area contributed by atoms with E-state index in [2.05, 4.69) is 6.92 Å². The topological polar surface area (TPSA) is 17.1 Å². The Labute approximate surface area is 106 Å². The molecule has 0 amide bonds. The average Bonchev–Trinajstić information content (AvgIpc) is 2.76. The third-order valence-corrected chi connectivity index (χ3v) is 5.72. The Hall–Kier alpha value is -0.330. The maximum Gasteiger partial charge on any atom is 0.132 e. The van der Waals surface area contributed by atoms with Gasteiger partial charge >= 0.3 is 0 Å². The second-order valence-corrected chi connectivity index (χ2v) is 6.44. The first-order valence-corrected chi connectivity index (χ1v) is 7.68. The number of hydrogen-bond donors (Lipinski definition) is 0. The van der Waals surface area contributed by atoms with Crippen LogP contribution in [-0.4, -0.2) is 5.78 Å². The molecule has 0 radical (unpaired) electrons. The largest absolute Gasteiger partial charge is 0.300 e. The van der Waals surface area contributed by atoms with E-state index in [4.69, 9.17) is 0 Å². The average molecular weight is 236 g/mol. The van der Waals surface area contributed by atoms with Crippen molar-refractivity contribution in [2.75, 3.05) is 0 Å². The molecule has 0 saturated heterocycles. The van der Waals surface area contributed by atoms with E-state index in [9.17, 15) is 4.79 Å². The van der Waals surface area contributed by atoms with Crippen LogP contribution in [-0.2, 0) is 4.79 Å². The van der Waals surface area contributed by atoms with Gasteiger partial charge in [0.05, 0.1) is 0 Å². The normalized spacial score (nSPS) is 35.8. The molecule has 0 aliphatic heterocycles. The van der Waals surface area contributed by atoms with E-state index in [1.54, 1.807) is 6.92 Å². The van der Waals surface area contributed by atoms with Crippen molar-refractivity contribution < 1.29 is 4.79 Å². The van der Waals surface area contributed by atoms with Gasteiger partial charge in [0.25, 0.3) is 0 Å². The third-order valence-electron chi connectivity index (χ3n) is 5.72. The molecule has 0 bridgehead atoms. The maximum absolute atomic E-state index is 11.6. The Morgan fingerprint density at radius 1 is 1.06 bits per heavy atom. The Bertz CT molecular complexity index is 265. The van der Waals surface area contributed by atoms with Crippen LogP contribution in [0.25, 0.3) is 0 Å². The van der Waals surface area contributed by atoms with Crippen molar-refractivity contribution in [3.8, 4) is 0 Å². The quantitative estimate of drug-likeness (QED) is 0.647. The van der Waals surface area contributed by atoms with Gasteiger partial charge in [-0.1, -0.05) is 32.6 Å². The zero-order valence-electron chi connectivity index (χ0n) is 11.6. The molecular formula is C16H28O. The molecule has 2 aliphatic carbocycles. The van der Waals surface area contributed by atoms with Crippen molar-refractivity contribution in [2.24, 2.45) is 17.3 Å². The molecule has 2 rings (SSSR count). The van der Waals surface area contributed by atoms with Gasteiger partial charge in [-0.2, -0.15) is 0 Å². The highest BCUT2D eigenvalue weighted by molar-refractivity contribution is 5.78. The molecule has 0 aromatic heterocycles. The van der Waals surface area contributed by atoms with Crippen LogP contribution in [0, 0.1) is 17.3 Å². The Balaban J connectivity index is 2.05. The van der Waals surface area contributed by atoms with Crippen LogP contribution < -0.4 is 0 Å². The standard InChI is InChI=1S/C16H28O/c1-3-16(15-8-4-5-9-15)11-6-7-14(10-12-16)13(2)17/h14-15H,3-12H2,1-2H3/t14?,16-/m1/s1. The van der Waals surface area contributed by atoms with Gasteiger partial charge in [-0.15, -0.1) is 0 Å². The minimum absolute atomic E-state index is 0.379. The summed E-state index contributed by atoms with van der Waals surface area (Å²) in [6.07, 6.45) is 13.5. The molecule has 98 valence electrons. The van der Waals surface area contributed by atoms with Gasteiger partial charge in [0.1, 0.15) is 5.78 Å². The van der Waals surface area contributed by atoms with Gasteiger partial charge < -0.3 is 0 Å². The van der Waals surface area contributed by atoms with Crippen molar-refractivity contribution in [3.05, 3.63) is 0 Å². The van der Waals surface area contributed by atoms with Crippen molar-refractivity contribution in [2.45, 2.75) is 78.1 Å². The molecule has 2 fully saturated rings. The number of carbonyl (C=O) groups excluding carboxylic acids is 1. The zero-order valence-corrected chi connectivity index (χ0v) is 11.6. The summed E-state index contributed by atoms with van der Waals surface area (Å²) in [6.45, 7) is 4.17. The molecule has 1 unspecified atom stereocenters. The highest BCUT2D eigenvalue weighted by Gasteiger charge is 2.40. The van der Waals surface area contributed by atoms with Gasteiger partial charge in [-0.3, -0.25) is 4.79 Å². The summed E-state index contributed by atoms with van der Waals surface area (Å²) in [7, 11) is 0. The van der Waals surface area contributed by atoms with Crippen molar-refractivity contribution in [3.63, 3.8) is 0 Å². The highest BCUT2D eigenvalue weighted by Crippen LogP contribution is 2.51. The molecule has 17 heavy (non-hydrogen) atoms. The first kappa shape index (κ1) is 13.1. The molecule has 0 aromatic carbocycles. The van der Waals surface area contributed by atoms with Crippen molar-refractivity contribution >= 4 is 5.78 Å². The van der Waals surface area contributed by atoms with E-state index in [1.807, 2.05) is 0 Å². The van der Waals surface area contributed by atoms with Crippen LogP contribution in [0.3, 0.4) is 0 Å². The van der Waals surface area contributed by atoms with Gasteiger partial charge in [0.2, 0.25) is 0 Å². The second-order valence-electron chi connectivity index (χ2n) is 6.44. The molecular weight excluding hydrogens is 208 g/mol. The number of carbonyl (C=O) groups is 1. The molecule has 2 saturated carbocycles. The van der Waals surface area contributed by atoms with Crippen molar-refractivity contribution in [1.29, 1.82) is 0 Å². The lowest BCUT2D eigenvalue weighted by Crippen LogP contribution is -2.28. The molecule has 1 nitrogen and oxygen atoms in total. The fourth-order valence-electron chi connectivity index (χ4n) is 4.43. The summed E-state index contributed by atoms with van der Waals surface area (Å²) in [4.78, 5) is 11.6. The number of rotatable bonds is 3. The Morgan fingerprint density at radius 3 is 2.35 bits per heavy atom. The predicted octanol–water partition coefficient (Wildman–Crippen LogP) is 4.74. The second kappa shape index (κ2) is 5.54. The summed E-state index contributed by atoms with van der Waals surface area (Å²) >= 11 is 0. The smallest absolute Gasteiger partial charge is 0.132 e. The molecule has 2 aliphatic rings. The lowest BCUT2D eigenvalue weighted by molar-refractivity contribution is -0.121. The zero-order chi connectivity index (χ0) is 12.3. The predicted molar refractivity (Wildman–Crippen MR) is 71.9 cm³/mol. The minimum Gasteiger partial charge on any atom is -0.300 e. The Kier molecular flexibility index (Phi) is 4.27. The van der Waals surface area contributed by atoms with Gasteiger partial charge in [-0.25, -0.2) is 0 Å². The van der Waals surface area contributed by atoms with Crippen LogP contribution in [0.4, 0.5) is 0 Å². The molecule has 1 heteroatoms. The fourth-order valence-corrected chi connectivity index (χ4v) is 4.43. The van der Waals surface area contributed by atoms with E-state index >= 15 is 0 Å². The first-order chi connectivity index (χ1) is 8.18. The lowest BCUT2D eigenvalue weighted by atomic mass is 9.67. The van der Waals surface area contributed by atoms with Crippen LogP contribution in [0.1, 0.15) is 78.1 Å².